The summed E-state index contributed by atoms with van der Waals surface area (Å²) in [5, 5.41) is 20.1. The lowest BCUT2D eigenvalue weighted by Gasteiger charge is -2.07. The third-order valence-corrected chi connectivity index (χ3v) is 4.27. The molecule has 0 radical (unpaired) electrons. The van der Waals surface area contributed by atoms with E-state index in [0.29, 0.717) is 11.1 Å². The van der Waals surface area contributed by atoms with Crippen LogP contribution in [0.15, 0.2) is 79.0 Å². The van der Waals surface area contributed by atoms with E-state index in [-0.39, 0.29) is 11.3 Å². The summed E-state index contributed by atoms with van der Waals surface area (Å²) in [5.41, 5.74) is 3.95. The zero-order valence-corrected chi connectivity index (χ0v) is 13.3. The van der Waals surface area contributed by atoms with E-state index in [1.165, 1.54) is 12.1 Å². The lowest BCUT2D eigenvalue weighted by atomic mass is 10.0. The van der Waals surface area contributed by atoms with Crippen molar-refractivity contribution in [3.05, 3.63) is 84.6 Å². The van der Waals surface area contributed by atoms with Crippen LogP contribution in [-0.2, 0) is 0 Å². The van der Waals surface area contributed by atoms with Crippen molar-refractivity contribution in [2.45, 2.75) is 0 Å². The van der Waals surface area contributed by atoms with Gasteiger partial charge in [-0.3, -0.25) is 0 Å². The minimum atomic E-state index is -1.02. The number of hydrogen-bond acceptors (Lipinski definition) is 2. The van der Waals surface area contributed by atoms with E-state index in [9.17, 15) is 15.0 Å². The smallest absolute Gasteiger partial charge is 0.335 e. The Labute approximate surface area is 144 Å². The van der Waals surface area contributed by atoms with E-state index in [1.54, 1.807) is 6.20 Å². The van der Waals surface area contributed by atoms with Crippen molar-refractivity contribution >= 4 is 11.5 Å². The SMILES string of the molecule is O=C(O)c1ccn2c(-c3ccccc3)c(-c3ccccc3)c(O)c2c1. The topological polar surface area (TPSA) is 61.9 Å². The Hall–Kier alpha value is -3.53. The van der Waals surface area contributed by atoms with Crippen LogP contribution in [0, 0.1) is 0 Å². The highest BCUT2D eigenvalue weighted by atomic mass is 16.4. The summed E-state index contributed by atoms with van der Waals surface area (Å²) < 4.78 is 1.83. The predicted molar refractivity (Wildman–Crippen MR) is 96.9 cm³/mol. The molecule has 2 aromatic heterocycles. The predicted octanol–water partition coefficient (Wildman–Crippen LogP) is 4.68. The molecule has 0 bridgehead atoms. The zero-order valence-electron chi connectivity index (χ0n) is 13.3. The fourth-order valence-electron chi connectivity index (χ4n) is 3.13. The van der Waals surface area contributed by atoms with Gasteiger partial charge in [-0.25, -0.2) is 4.79 Å². The molecule has 0 saturated heterocycles. The number of aromatic nitrogens is 1. The first-order valence-electron chi connectivity index (χ1n) is 7.88. The number of fused-ring (bicyclic) bond motifs is 1. The molecule has 4 aromatic rings. The summed E-state index contributed by atoms with van der Waals surface area (Å²) in [6.07, 6.45) is 1.69. The van der Waals surface area contributed by atoms with Gasteiger partial charge in [0.05, 0.1) is 22.3 Å². The maximum Gasteiger partial charge on any atom is 0.335 e. The van der Waals surface area contributed by atoms with E-state index in [1.807, 2.05) is 65.1 Å². The lowest BCUT2D eigenvalue weighted by molar-refractivity contribution is 0.0697. The lowest BCUT2D eigenvalue weighted by Crippen LogP contribution is -1.97. The van der Waals surface area contributed by atoms with Crippen LogP contribution in [0.2, 0.25) is 0 Å². The average Bonchev–Trinajstić information content (AvgIpc) is 2.95. The standard InChI is InChI=1S/C21H15NO3/c23-20-17-13-16(21(24)25)11-12-22(17)19(15-9-5-2-6-10-15)18(20)14-7-3-1-4-8-14/h1-13,23H,(H,24,25). The summed E-state index contributed by atoms with van der Waals surface area (Å²) in [5.74, 6) is -0.946. The number of nitrogens with zero attached hydrogens (tertiary/aromatic N) is 1. The number of hydrogen-bond donors (Lipinski definition) is 2. The van der Waals surface area contributed by atoms with Gasteiger partial charge in [0, 0.05) is 6.20 Å². The number of rotatable bonds is 3. The molecule has 2 aromatic carbocycles. The molecule has 122 valence electrons. The van der Waals surface area contributed by atoms with Crippen LogP contribution in [0.3, 0.4) is 0 Å². The van der Waals surface area contributed by atoms with Crippen LogP contribution in [0.1, 0.15) is 10.4 Å². The first-order chi connectivity index (χ1) is 12.2. The molecular weight excluding hydrogens is 314 g/mol. The number of carbonyl (C=O) groups is 1. The normalized spacial score (nSPS) is 10.9. The van der Waals surface area contributed by atoms with Gasteiger partial charge >= 0.3 is 5.97 Å². The number of carboxylic acid groups (broad SMARTS) is 1. The third-order valence-electron chi connectivity index (χ3n) is 4.27. The molecule has 25 heavy (non-hydrogen) atoms. The molecule has 0 spiro atoms. The Morgan fingerprint density at radius 1 is 0.840 bits per heavy atom. The molecule has 0 unspecified atom stereocenters. The van der Waals surface area contributed by atoms with Crippen molar-refractivity contribution < 1.29 is 15.0 Å². The first-order valence-corrected chi connectivity index (χ1v) is 7.88. The van der Waals surface area contributed by atoms with E-state index in [0.717, 1.165) is 16.8 Å². The molecule has 0 aliphatic carbocycles. The molecule has 4 heteroatoms. The molecule has 0 aliphatic heterocycles. The Kier molecular flexibility index (Phi) is 3.51. The highest BCUT2D eigenvalue weighted by Crippen LogP contribution is 2.43. The molecule has 0 saturated carbocycles. The van der Waals surface area contributed by atoms with Gasteiger partial charge in [-0.05, 0) is 23.3 Å². The molecule has 0 fully saturated rings. The number of aromatic hydroxyl groups is 1. The van der Waals surface area contributed by atoms with Crippen LogP contribution >= 0.6 is 0 Å². The van der Waals surface area contributed by atoms with Crippen LogP contribution in [0.25, 0.3) is 27.9 Å². The fourth-order valence-corrected chi connectivity index (χ4v) is 3.13. The Balaban J connectivity index is 2.11. The molecule has 4 rings (SSSR count). The van der Waals surface area contributed by atoms with Crippen LogP contribution in [-0.4, -0.2) is 20.6 Å². The van der Waals surface area contributed by atoms with Crippen molar-refractivity contribution in [1.82, 2.24) is 4.40 Å². The molecule has 0 atom stereocenters. The van der Waals surface area contributed by atoms with Crippen molar-refractivity contribution in [3.8, 4) is 28.1 Å². The molecule has 4 nitrogen and oxygen atoms in total. The number of carboxylic acids is 1. The maximum atomic E-state index is 11.3. The van der Waals surface area contributed by atoms with Gasteiger partial charge in [-0.1, -0.05) is 60.7 Å². The second kappa shape index (κ2) is 5.83. The molecule has 2 heterocycles. The number of benzene rings is 2. The summed E-state index contributed by atoms with van der Waals surface area (Å²) in [6, 6.07) is 22.4. The van der Waals surface area contributed by atoms with Crippen LogP contribution < -0.4 is 0 Å². The molecule has 0 aliphatic rings. The Bertz CT molecular complexity index is 1070. The van der Waals surface area contributed by atoms with Gasteiger partial charge in [-0.2, -0.15) is 0 Å². The van der Waals surface area contributed by atoms with Crippen molar-refractivity contribution in [2.75, 3.05) is 0 Å². The molecule has 0 amide bonds. The van der Waals surface area contributed by atoms with E-state index in [2.05, 4.69) is 0 Å². The Morgan fingerprint density at radius 3 is 2.04 bits per heavy atom. The van der Waals surface area contributed by atoms with Crippen LogP contribution in [0.4, 0.5) is 0 Å². The second-order valence-electron chi connectivity index (χ2n) is 5.78. The zero-order chi connectivity index (χ0) is 17.4. The second-order valence-corrected chi connectivity index (χ2v) is 5.78. The molecular formula is C21H15NO3. The average molecular weight is 329 g/mol. The van der Waals surface area contributed by atoms with Crippen molar-refractivity contribution in [1.29, 1.82) is 0 Å². The minimum Gasteiger partial charge on any atom is -0.505 e. The maximum absolute atomic E-state index is 11.3. The monoisotopic (exact) mass is 329 g/mol. The van der Waals surface area contributed by atoms with E-state index in [4.69, 9.17) is 0 Å². The summed E-state index contributed by atoms with van der Waals surface area (Å²) in [6.45, 7) is 0. The highest BCUT2D eigenvalue weighted by Gasteiger charge is 2.21. The van der Waals surface area contributed by atoms with Gasteiger partial charge in [0.25, 0.3) is 0 Å². The summed E-state index contributed by atoms with van der Waals surface area (Å²) in [7, 11) is 0. The number of aromatic carboxylic acids is 1. The highest BCUT2D eigenvalue weighted by molar-refractivity contribution is 5.96. The fraction of sp³-hybridized carbons (Fsp3) is 0. The van der Waals surface area contributed by atoms with E-state index >= 15 is 0 Å². The van der Waals surface area contributed by atoms with Gasteiger partial charge in [-0.15, -0.1) is 0 Å². The van der Waals surface area contributed by atoms with Gasteiger partial charge in [0.2, 0.25) is 0 Å². The van der Waals surface area contributed by atoms with Gasteiger partial charge < -0.3 is 14.6 Å². The van der Waals surface area contributed by atoms with E-state index < -0.39 is 5.97 Å². The summed E-state index contributed by atoms with van der Waals surface area (Å²) >= 11 is 0. The van der Waals surface area contributed by atoms with Gasteiger partial charge in [0.1, 0.15) is 5.75 Å². The van der Waals surface area contributed by atoms with Crippen molar-refractivity contribution in [2.24, 2.45) is 0 Å². The van der Waals surface area contributed by atoms with Crippen LogP contribution in [0.5, 0.6) is 5.75 Å². The quantitative estimate of drug-likeness (QED) is 0.574. The van der Waals surface area contributed by atoms with Gasteiger partial charge in [0.15, 0.2) is 0 Å². The Morgan fingerprint density at radius 2 is 1.44 bits per heavy atom. The number of pyridine rings is 1. The largest absolute Gasteiger partial charge is 0.505 e. The first kappa shape index (κ1) is 15.0. The third kappa shape index (κ3) is 2.44. The molecule has 2 N–H and O–H groups in total. The summed E-state index contributed by atoms with van der Waals surface area (Å²) in [4.78, 5) is 11.3. The minimum absolute atomic E-state index is 0.0770. The van der Waals surface area contributed by atoms with Crippen molar-refractivity contribution in [3.63, 3.8) is 0 Å².